The summed E-state index contributed by atoms with van der Waals surface area (Å²) >= 11 is 0. The van der Waals surface area contributed by atoms with Gasteiger partial charge in [0.1, 0.15) is 11.1 Å². The van der Waals surface area contributed by atoms with Crippen LogP contribution >= 0.6 is 0 Å². The number of piperidine rings is 1. The predicted octanol–water partition coefficient (Wildman–Crippen LogP) is 2.64. The van der Waals surface area contributed by atoms with Gasteiger partial charge in [-0.15, -0.1) is 0 Å². The Balaban J connectivity index is 1.79. The maximum atomic E-state index is 12.8. The highest BCUT2D eigenvalue weighted by Gasteiger charge is 2.44. The quantitative estimate of drug-likeness (QED) is 0.875. The molecule has 1 unspecified atom stereocenters. The van der Waals surface area contributed by atoms with Crippen molar-refractivity contribution in [3.05, 3.63) is 48.2 Å². The lowest BCUT2D eigenvalue weighted by molar-refractivity contribution is -0.155. The predicted molar refractivity (Wildman–Crippen MR) is 93.3 cm³/mol. The average molecular weight is 342 g/mol. The van der Waals surface area contributed by atoms with Crippen molar-refractivity contribution in [2.75, 3.05) is 26.8 Å². The summed E-state index contributed by atoms with van der Waals surface area (Å²) in [6.45, 7) is 0.818. The number of carbonyl (C=O) groups excluding carboxylic acids is 1. The van der Waals surface area contributed by atoms with E-state index in [9.17, 15) is 14.7 Å². The van der Waals surface area contributed by atoms with E-state index in [1.807, 2.05) is 36.4 Å². The fraction of sp³-hybridized carbons (Fsp3) is 0.368. The minimum Gasteiger partial charge on any atom is -0.481 e. The van der Waals surface area contributed by atoms with Gasteiger partial charge in [-0.3, -0.25) is 9.59 Å². The molecule has 1 fully saturated rings. The number of nitrogens with one attached hydrogen (secondary N) is 1. The van der Waals surface area contributed by atoms with Crippen LogP contribution in [0.5, 0.6) is 0 Å². The summed E-state index contributed by atoms with van der Waals surface area (Å²) in [5.74, 6) is -1.09. The first kappa shape index (κ1) is 17.2. The second-order valence-corrected chi connectivity index (χ2v) is 6.50. The Morgan fingerprint density at radius 3 is 2.68 bits per heavy atom. The van der Waals surface area contributed by atoms with Crippen molar-refractivity contribution in [2.24, 2.45) is 5.41 Å². The van der Waals surface area contributed by atoms with Crippen LogP contribution in [0.4, 0.5) is 0 Å². The first-order chi connectivity index (χ1) is 12.1. The molecule has 25 heavy (non-hydrogen) atoms. The number of carboxylic acid groups (broad SMARTS) is 1. The van der Waals surface area contributed by atoms with Crippen LogP contribution in [0, 0.1) is 5.41 Å². The lowest BCUT2D eigenvalue weighted by atomic mass is 9.80. The highest BCUT2D eigenvalue weighted by atomic mass is 16.5. The molecule has 1 aliphatic heterocycles. The summed E-state index contributed by atoms with van der Waals surface area (Å²) in [6, 6.07) is 13.4. The summed E-state index contributed by atoms with van der Waals surface area (Å²) in [4.78, 5) is 29.3. The molecule has 1 atom stereocenters. The third-order valence-electron chi connectivity index (χ3n) is 4.74. The molecule has 2 aromatic rings. The van der Waals surface area contributed by atoms with Crippen LogP contribution in [0.25, 0.3) is 11.3 Å². The van der Waals surface area contributed by atoms with Gasteiger partial charge >= 0.3 is 5.97 Å². The highest BCUT2D eigenvalue weighted by molar-refractivity contribution is 5.94. The second-order valence-electron chi connectivity index (χ2n) is 6.50. The number of hydrogen-bond donors (Lipinski definition) is 2. The molecular weight excluding hydrogens is 320 g/mol. The third-order valence-corrected chi connectivity index (χ3v) is 4.74. The molecule has 0 saturated carbocycles. The Kier molecular flexibility index (Phi) is 4.90. The number of nitrogens with zero attached hydrogens (tertiary/aromatic N) is 1. The molecule has 6 nitrogen and oxygen atoms in total. The number of aromatic nitrogens is 1. The van der Waals surface area contributed by atoms with E-state index in [1.54, 1.807) is 11.0 Å². The molecule has 132 valence electrons. The Labute approximate surface area is 146 Å². The van der Waals surface area contributed by atoms with Gasteiger partial charge in [-0.2, -0.15) is 0 Å². The molecule has 1 saturated heterocycles. The van der Waals surface area contributed by atoms with E-state index >= 15 is 0 Å². The van der Waals surface area contributed by atoms with Crippen LogP contribution in [0.15, 0.2) is 42.5 Å². The molecule has 2 N–H and O–H groups in total. The minimum absolute atomic E-state index is 0.103. The summed E-state index contributed by atoms with van der Waals surface area (Å²) in [6.07, 6.45) is 1.16. The van der Waals surface area contributed by atoms with Crippen molar-refractivity contribution in [1.82, 2.24) is 9.88 Å². The lowest BCUT2D eigenvalue weighted by Crippen LogP contribution is -2.52. The zero-order chi connectivity index (χ0) is 17.9. The number of carboxylic acids is 1. The molecule has 1 amide bonds. The zero-order valence-electron chi connectivity index (χ0n) is 14.2. The van der Waals surface area contributed by atoms with Crippen molar-refractivity contribution in [2.45, 2.75) is 12.8 Å². The number of H-pyrrole nitrogens is 1. The molecule has 1 aromatic heterocycles. The molecule has 2 heterocycles. The highest BCUT2D eigenvalue weighted by Crippen LogP contribution is 2.31. The molecule has 0 bridgehead atoms. The summed E-state index contributed by atoms with van der Waals surface area (Å²) in [7, 11) is 1.49. The van der Waals surface area contributed by atoms with E-state index in [2.05, 4.69) is 4.98 Å². The van der Waals surface area contributed by atoms with E-state index in [-0.39, 0.29) is 19.1 Å². The molecule has 1 aromatic carbocycles. The fourth-order valence-electron chi connectivity index (χ4n) is 3.41. The summed E-state index contributed by atoms with van der Waals surface area (Å²) < 4.78 is 5.12. The molecule has 0 aliphatic carbocycles. The molecule has 1 aliphatic rings. The van der Waals surface area contributed by atoms with Gasteiger partial charge in [-0.25, -0.2) is 0 Å². The zero-order valence-corrected chi connectivity index (χ0v) is 14.2. The Bertz CT molecular complexity index is 752. The van der Waals surface area contributed by atoms with E-state index < -0.39 is 11.4 Å². The van der Waals surface area contributed by atoms with Gasteiger partial charge in [0, 0.05) is 25.9 Å². The molecule has 0 spiro atoms. The van der Waals surface area contributed by atoms with Gasteiger partial charge in [-0.1, -0.05) is 30.3 Å². The Morgan fingerprint density at radius 2 is 2.00 bits per heavy atom. The van der Waals surface area contributed by atoms with Gasteiger partial charge in [0.05, 0.1) is 6.61 Å². The number of aliphatic carboxylic acids is 1. The van der Waals surface area contributed by atoms with Crippen LogP contribution in [-0.4, -0.2) is 53.7 Å². The number of likely N-dealkylation sites (tertiary alicyclic amines) is 1. The monoisotopic (exact) mass is 342 g/mol. The van der Waals surface area contributed by atoms with Crippen molar-refractivity contribution in [1.29, 1.82) is 0 Å². The second kappa shape index (κ2) is 7.11. The summed E-state index contributed by atoms with van der Waals surface area (Å²) in [5, 5.41) is 9.62. The molecule has 0 radical (unpaired) electrons. The minimum atomic E-state index is -1.03. The van der Waals surface area contributed by atoms with Crippen LogP contribution in [0.2, 0.25) is 0 Å². The van der Waals surface area contributed by atoms with Crippen LogP contribution in [-0.2, 0) is 9.53 Å². The van der Waals surface area contributed by atoms with Crippen LogP contribution in [0.3, 0.4) is 0 Å². The number of rotatable bonds is 5. The number of amides is 1. The average Bonchev–Trinajstić information content (AvgIpc) is 3.12. The number of ether oxygens (including phenoxy) is 1. The van der Waals surface area contributed by atoms with Crippen molar-refractivity contribution in [3.8, 4) is 11.3 Å². The van der Waals surface area contributed by atoms with Crippen molar-refractivity contribution >= 4 is 11.9 Å². The van der Waals surface area contributed by atoms with Gasteiger partial charge < -0.3 is 19.7 Å². The number of benzene rings is 1. The number of carbonyl (C=O) groups is 2. The van der Waals surface area contributed by atoms with E-state index in [0.717, 1.165) is 11.3 Å². The SMILES string of the molecule is COCC1(C(=O)O)CCCN(C(=O)c2ccc(-c3ccccc3)[nH]2)C1. The topological polar surface area (TPSA) is 82.6 Å². The van der Waals surface area contributed by atoms with E-state index in [4.69, 9.17) is 4.74 Å². The first-order valence-corrected chi connectivity index (χ1v) is 8.32. The first-order valence-electron chi connectivity index (χ1n) is 8.32. The molecule has 6 heteroatoms. The van der Waals surface area contributed by atoms with Gasteiger partial charge in [0.25, 0.3) is 5.91 Å². The fourth-order valence-corrected chi connectivity index (χ4v) is 3.41. The van der Waals surface area contributed by atoms with E-state index in [0.29, 0.717) is 25.1 Å². The maximum absolute atomic E-state index is 12.8. The van der Waals surface area contributed by atoms with Gasteiger partial charge in [0.15, 0.2) is 0 Å². The lowest BCUT2D eigenvalue weighted by Gasteiger charge is -2.39. The Hall–Kier alpha value is -2.60. The summed E-state index contributed by atoms with van der Waals surface area (Å²) in [5.41, 5.74) is 1.30. The van der Waals surface area contributed by atoms with Gasteiger partial charge in [-0.05, 0) is 30.5 Å². The largest absolute Gasteiger partial charge is 0.481 e. The standard InChI is InChI=1S/C19H22N2O4/c1-25-13-19(18(23)24)10-5-11-21(12-19)17(22)16-9-8-15(20-16)14-6-3-2-4-7-14/h2-4,6-9,20H,5,10-13H2,1H3,(H,23,24). The van der Waals surface area contributed by atoms with Crippen molar-refractivity contribution in [3.63, 3.8) is 0 Å². The Morgan fingerprint density at radius 1 is 1.24 bits per heavy atom. The van der Waals surface area contributed by atoms with Crippen molar-refractivity contribution < 1.29 is 19.4 Å². The molecular formula is C19H22N2O4. The third kappa shape index (κ3) is 3.44. The number of hydrogen-bond acceptors (Lipinski definition) is 3. The van der Waals surface area contributed by atoms with Gasteiger partial charge in [0.2, 0.25) is 0 Å². The number of methoxy groups -OCH3 is 1. The van der Waals surface area contributed by atoms with E-state index in [1.165, 1.54) is 7.11 Å². The molecule has 3 rings (SSSR count). The maximum Gasteiger partial charge on any atom is 0.313 e. The van der Waals surface area contributed by atoms with Crippen LogP contribution in [0.1, 0.15) is 23.3 Å². The van der Waals surface area contributed by atoms with Crippen LogP contribution < -0.4 is 0 Å². The smallest absolute Gasteiger partial charge is 0.313 e. The number of aromatic amines is 1. The normalized spacial score (nSPS) is 20.4.